The maximum atomic E-state index is 12.8. The second kappa shape index (κ2) is 10.7. The number of thioether (sulfide) groups is 1. The summed E-state index contributed by atoms with van der Waals surface area (Å²) in [7, 11) is 0. The highest BCUT2D eigenvalue weighted by molar-refractivity contribution is 7.99. The molecule has 0 aliphatic carbocycles. The van der Waals surface area contributed by atoms with E-state index >= 15 is 0 Å². The van der Waals surface area contributed by atoms with Gasteiger partial charge in [0, 0.05) is 19.6 Å². The Morgan fingerprint density at radius 3 is 2.67 bits per heavy atom. The first kappa shape index (κ1) is 23.1. The second-order valence-corrected chi connectivity index (χ2v) is 8.98. The summed E-state index contributed by atoms with van der Waals surface area (Å²) < 4.78 is 1.81. The number of hydrogen-bond acceptors (Lipinski definition) is 5. The van der Waals surface area contributed by atoms with Crippen molar-refractivity contribution in [2.75, 3.05) is 17.6 Å². The second-order valence-electron chi connectivity index (χ2n) is 7.63. The van der Waals surface area contributed by atoms with Gasteiger partial charge in [-0.1, -0.05) is 65.8 Å². The van der Waals surface area contributed by atoms with Gasteiger partial charge in [0.25, 0.3) is 0 Å². The molecule has 1 aromatic heterocycles. The number of halogens is 1. The van der Waals surface area contributed by atoms with Gasteiger partial charge in [-0.15, -0.1) is 16.8 Å². The van der Waals surface area contributed by atoms with E-state index in [4.69, 9.17) is 11.6 Å². The Kier molecular flexibility index (Phi) is 7.47. The van der Waals surface area contributed by atoms with Crippen molar-refractivity contribution in [3.8, 4) is 0 Å². The smallest absolute Gasteiger partial charge is 0.233 e. The molecule has 1 aliphatic heterocycles. The molecule has 0 saturated heterocycles. The number of carbonyl (C=O) groups excluding carboxylic acids is 2. The molecule has 7 nitrogen and oxygen atoms in total. The first-order valence-electron chi connectivity index (χ1n) is 10.6. The Bertz CT molecular complexity index is 1180. The molecule has 0 saturated carbocycles. The van der Waals surface area contributed by atoms with E-state index in [0.29, 0.717) is 41.3 Å². The number of allylic oxidation sites excluding steroid dienone is 1. The van der Waals surface area contributed by atoms with Crippen LogP contribution in [0.15, 0.2) is 66.3 Å². The molecule has 1 aliphatic rings. The fraction of sp³-hybridized carbons (Fsp3) is 0.250. The van der Waals surface area contributed by atoms with E-state index in [1.165, 1.54) is 22.9 Å². The number of nitrogens with zero attached hydrogens (tertiary/aromatic N) is 4. The number of fused-ring (bicyclic) bond motifs is 1. The molecule has 0 radical (unpaired) electrons. The Labute approximate surface area is 201 Å². The van der Waals surface area contributed by atoms with E-state index in [9.17, 15) is 9.59 Å². The van der Waals surface area contributed by atoms with Crippen LogP contribution < -0.4 is 5.32 Å². The maximum absolute atomic E-state index is 12.8. The summed E-state index contributed by atoms with van der Waals surface area (Å²) in [5.41, 5.74) is 3.05. The number of anilines is 1. The number of benzene rings is 2. The highest BCUT2D eigenvalue weighted by Crippen LogP contribution is 2.23. The predicted octanol–water partition coefficient (Wildman–Crippen LogP) is 3.98. The summed E-state index contributed by atoms with van der Waals surface area (Å²) in [4.78, 5) is 27.2. The number of nitrogens with one attached hydrogen (secondary N) is 1. The van der Waals surface area contributed by atoms with Crippen molar-refractivity contribution >= 4 is 40.9 Å². The van der Waals surface area contributed by atoms with Gasteiger partial charge in [0.05, 0.1) is 22.9 Å². The molecule has 3 aromatic rings. The van der Waals surface area contributed by atoms with Crippen molar-refractivity contribution in [1.29, 1.82) is 0 Å². The maximum Gasteiger partial charge on any atom is 0.233 e. The molecule has 0 atom stereocenters. The first-order valence-corrected chi connectivity index (χ1v) is 12.0. The molecule has 0 unspecified atom stereocenters. The Balaban J connectivity index is 1.38. The fourth-order valence-corrected chi connectivity index (χ4v) is 4.75. The molecule has 0 fully saturated rings. The van der Waals surface area contributed by atoms with Crippen LogP contribution in [0.3, 0.4) is 0 Å². The van der Waals surface area contributed by atoms with Gasteiger partial charge < -0.3 is 14.8 Å². The van der Waals surface area contributed by atoms with Crippen LogP contribution in [0.25, 0.3) is 0 Å². The third-order valence-electron chi connectivity index (χ3n) is 5.38. The normalized spacial score (nSPS) is 12.8. The van der Waals surface area contributed by atoms with E-state index < -0.39 is 0 Å². The summed E-state index contributed by atoms with van der Waals surface area (Å²) in [6, 6.07) is 15.3. The Hall–Kier alpha value is -3.10. The lowest BCUT2D eigenvalue weighted by atomic mass is 10.00. The molecule has 0 bridgehead atoms. The molecule has 170 valence electrons. The average molecular weight is 482 g/mol. The molecular weight excluding hydrogens is 458 g/mol. The van der Waals surface area contributed by atoms with Crippen LogP contribution in [0.1, 0.15) is 17.0 Å². The number of hydrogen-bond donors (Lipinski definition) is 1. The minimum absolute atomic E-state index is 0.0312. The van der Waals surface area contributed by atoms with Crippen LogP contribution in [0.4, 0.5) is 5.69 Å². The molecule has 2 amide bonds. The van der Waals surface area contributed by atoms with E-state index in [0.717, 1.165) is 6.42 Å². The van der Waals surface area contributed by atoms with E-state index in [1.807, 2.05) is 21.6 Å². The summed E-state index contributed by atoms with van der Waals surface area (Å²) in [5.74, 6) is 0.561. The topological polar surface area (TPSA) is 80.1 Å². The summed E-state index contributed by atoms with van der Waals surface area (Å²) in [5, 5.41) is 12.2. The standard InChI is InChI=1S/C24H24ClN5O2S/c1-2-12-30-21(14-22(31)26-20-10-6-5-9-19(20)25)27-28-24(30)33-16-23(32)29-13-11-17-7-3-4-8-18(17)15-29/h2-10H,1,11-16H2,(H,26,31). The molecule has 2 aromatic carbocycles. The van der Waals surface area contributed by atoms with Crippen molar-refractivity contribution in [2.24, 2.45) is 0 Å². The van der Waals surface area contributed by atoms with Crippen molar-refractivity contribution < 1.29 is 9.59 Å². The largest absolute Gasteiger partial charge is 0.337 e. The lowest BCUT2D eigenvalue weighted by Gasteiger charge is -2.28. The van der Waals surface area contributed by atoms with E-state index in [-0.39, 0.29) is 24.0 Å². The molecule has 2 heterocycles. The SMILES string of the molecule is C=CCn1c(CC(=O)Nc2ccccc2Cl)nnc1SCC(=O)N1CCc2ccccc2C1. The Morgan fingerprint density at radius 2 is 1.88 bits per heavy atom. The van der Waals surface area contributed by atoms with Crippen LogP contribution in [0.5, 0.6) is 0 Å². The van der Waals surface area contributed by atoms with Gasteiger partial charge in [-0.3, -0.25) is 9.59 Å². The molecule has 4 rings (SSSR count). The van der Waals surface area contributed by atoms with Crippen LogP contribution in [0, 0.1) is 0 Å². The van der Waals surface area contributed by atoms with Gasteiger partial charge in [0.15, 0.2) is 5.16 Å². The quantitative estimate of drug-likeness (QED) is 0.389. The van der Waals surface area contributed by atoms with Gasteiger partial charge >= 0.3 is 0 Å². The van der Waals surface area contributed by atoms with Gasteiger partial charge in [-0.2, -0.15) is 0 Å². The van der Waals surface area contributed by atoms with Crippen LogP contribution >= 0.6 is 23.4 Å². The summed E-state index contributed by atoms with van der Waals surface area (Å²) in [6.45, 7) is 5.57. The van der Waals surface area contributed by atoms with Crippen LogP contribution in [0.2, 0.25) is 5.02 Å². The van der Waals surface area contributed by atoms with Gasteiger partial charge in [-0.25, -0.2) is 0 Å². The van der Waals surface area contributed by atoms with Gasteiger partial charge in [-0.05, 0) is 29.7 Å². The molecular formula is C24H24ClN5O2S. The molecule has 0 spiro atoms. The van der Waals surface area contributed by atoms with Crippen LogP contribution in [-0.4, -0.2) is 43.8 Å². The third-order valence-corrected chi connectivity index (χ3v) is 6.66. The van der Waals surface area contributed by atoms with Crippen molar-refractivity contribution in [2.45, 2.75) is 31.1 Å². The Morgan fingerprint density at radius 1 is 1.12 bits per heavy atom. The molecule has 9 heteroatoms. The van der Waals surface area contributed by atoms with Gasteiger partial charge in [0.2, 0.25) is 11.8 Å². The number of amides is 2. The minimum atomic E-state index is -0.250. The predicted molar refractivity (Wildman–Crippen MR) is 130 cm³/mol. The first-order chi connectivity index (χ1) is 16.0. The van der Waals surface area contributed by atoms with E-state index in [2.05, 4.69) is 34.2 Å². The monoisotopic (exact) mass is 481 g/mol. The van der Waals surface area contributed by atoms with Crippen molar-refractivity contribution in [3.63, 3.8) is 0 Å². The average Bonchev–Trinajstić information content (AvgIpc) is 3.19. The molecule has 1 N–H and O–H groups in total. The van der Waals surface area contributed by atoms with E-state index in [1.54, 1.807) is 30.3 Å². The summed E-state index contributed by atoms with van der Waals surface area (Å²) >= 11 is 7.44. The lowest BCUT2D eigenvalue weighted by Crippen LogP contribution is -2.37. The number of para-hydroxylation sites is 1. The highest BCUT2D eigenvalue weighted by atomic mass is 35.5. The number of carbonyl (C=O) groups is 2. The zero-order valence-corrected chi connectivity index (χ0v) is 19.6. The molecule has 33 heavy (non-hydrogen) atoms. The lowest BCUT2D eigenvalue weighted by molar-refractivity contribution is -0.129. The number of rotatable bonds is 8. The highest BCUT2D eigenvalue weighted by Gasteiger charge is 2.22. The zero-order valence-electron chi connectivity index (χ0n) is 18.0. The zero-order chi connectivity index (χ0) is 23.2. The number of aromatic nitrogens is 3. The van der Waals surface area contributed by atoms with Crippen LogP contribution in [-0.2, 0) is 35.5 Å². The van der Waals surface area contributed by atoms with Crippen molar-refractivity contribution in [1.82, 2.24) is 19.7 Å². The minimum Gasteiger partial charge on any atom is -0.337 e. The third kappa shape index (κ3) is 5.64. The summed E-state index contributed by atoms with van der Waals surface area (Å²) in [6.07, 6.45) is 2.61. The fourth-order valence-electron chi connectivity index (χ4n) is 3.70. The van der Waals surface area contributed by atoms with Crippen molar-refractivity contribution in [3.05, 3.63) is 83.2 Å². The van der Waals surface area contributed by atoms with Gasteiger partial charge in [0.1, 0.15) is 5.82 Å².